The highest BCUT2D eigenvalue weighted by atomic mass is 32.2. The molecule has 0 aliphatic carbocycles. The van der Waals surface area contributed by atoms with Crippen LogP contribution in [0.25, 0.3) is 0 Å². The van der Waals surface area contributed by atoms with Crippen molar-refractivity contribution in [3.05, 3.63) is 0 Å². The second kappa shape index (κ2) is 8.27. The molecule has 0 heterocycles. The number of thioether (sulfide) groups is 1. The van der Waals surface area contributed by atoms with Crippen LogP contribution in [0.3, 0.4) is 0 Å². The van der Waals surface area contributed by atoms with E-state index in [1.165, 1.54) is 18.7 Å². The monoisotopic (exact) mass is 294 g/mol. The first-order chi connectivity index (χ1) is 8.04. The third-order valence-corrected chi connectivity index (χ3v) is 3.10. The fraction of sp³-hybridized carbons (Fsp3) is 0.833. The number of nitrogens with one attached hydrogen (secondary N) is 1. The van der Waals surface area contributed by atoms with Gasteiger partial charge in [0, 0.05) is 18.1 Å². The number of hydrogen-bond acceptors (Lipinski definition) is 5. The standard InChI is InChI=1S/C11H22N2O4S.CH4/c1-10(2,3)17-9(16)13-5-6-18-7-11(4,12)8(14)15;/h5-7,12H2,1-4H3,(H,13,16)(H,14,15);1H4/t11-;/m0./s1. The smallest absolute Gasteiger partial charge is 0.407 e. The molecule has 114 valence electrons. The topological polar surface area (TPSA) is 102 Å². The van der Waals surface area contributed by atoms with Gasteiger partial charge < -0.3 is 20.9 Å². The average Bonchev–Trinajstić information content (AvgIpc) is 2.13. The molecule has 0 bridgehead atoms. The third kappa shape index (κ3) is 10.6. The van der Waals surface area contributed by atoms with Gasteiger partial charge in [-0.05, 0) is 27.7 Å². The van der Waals surface area contributed by atoms with E-state index in [0.717, 1.165) is 0 Å². The van der Waals surface area contributed by atoms with Crippen molar-refractivity contribution in [2.24, 2.45) is 5.73 Å². The van der Waals surface area contributed by atoms with Crippen molar-refractivity contribution in [2.75, 3.05) is 18.1 Å². The summed E-state index contributed by atoms with van der Waals surface area (Å²) in [5.41, 5.74) is 3.80. The Morgan fingerprint density at radius 2 is 1.84 bits per heavy atom. The molecule has 7 heteroatoms. The number of carboxylic acid groups (broad SMARTS) is 1. The van der Waals surface area contributed by atoms with E-state index in [1.54, 1.807) is 20.8 Å². The van der Waals surface area contributed by atoms with Crippen LogP contribution < -0.4 is 11.1 Å². The van der Waals surface area contributed by atoms with E-state index in [-0.39, 0.29) is 7.43 Å². The summed E-state index contributed by atoms with van der Waals surface area (Å²) in [6, 6.07) is 0. The lowest BCUT2D eigenvalue weighted by molar-refractivity contribution is -0.141. The quantitative estimate of drug-likeness (QED) is 0.644. The van der Waals surface area contributed by atoms with Gasteiger partial charge in [-0.2, -0.15) is 11.8 Å². The Balaban J connectivity index is 0. The molecular formula is C12H26N2O4S. The molecule has 0 saturated carbocycles. The van der Waals surface area contributed by atoms with Crippen molar-refractivity contribution >= 4 is 23.8 Å². The van der Waals surface area contributed by atoms with E-state index in [9.17, 15) is 9.59 Å². The van der Waals surface area contributed by atoms with Crippen molar-refractivity contribution in [1.29, 1.82) is 0 Å². The van der Waals surface area contributed by atoms with Crippen molar-refractivity contribution in [2.45, 2.75) is 46.3 Å². The zero-order valence-electron chi connectivity index (χ0n) is 11.3. The first-order valence-corrected chi connectivity index (χ1v) is 6.77. The molecule has 0 unspecified atom stereocenters. The molecule has 0 rings (SSSR count). The van der Waals surface area contributed by atoms with E-state index < -0.39 is 23.2 Å². The minimum atomic E-state index is -1.24. The summed E-state index contributed by atoms with van der Waals surface area (Å²) in [6.07, 6.45) is -0.475. The van der Waals surface area contributed by atoms with Crippen LogP contribution in [-0.4, -0.2) is 46.4 Å². The number of hydrogen-bond donors (Lipinski definition) is 3. The Hall–Kier alpha value is -0.950. The largest absolute Gasteiger partial charge is 0.480 e. The number of carbonyl (C=O) groups excluding carboxylic acids is 1. The minimum absolute atomic E-state index is 0. The van der Waals surface area contributed by atoms with Crippen molar-refractivity contribution in [1.82, 2.24) is 5.32 Å². The Bertz CT molecular complexity index is 301. The number of nitrogens with two attached hydrogens (primary N) is 1. The lowest BCUT2D eigenvalue weighted by Gasteiger charge is -2.20. The lowest BCUT2D eigenvalue weighted by Crippen LogP contribution is -2.47. The van der Waals surface area contributed by atoms with E-state index in [4.69, 9.17) is 15.6 Å². The van der Waals surface area contributed by atoms with Crippen LogP contribution >= 0.6 is 11.8 Å². The summed E-state index contributed by atoms with van der Waals surface area (Å²) < 4.78 is 5.05. The number of rotatable bonds is 6. The second-order valence-electron chi connectivity index (χ2n) is 5.20. The number of carbonyl (C=O) groups is 2. The number of ether oxygens (including phenoxy) is 1. The lowest BCUT2D eigenvalue weighted by atomic mass is 10.1. The van der Waals surface area contributed by atoms with Gasteiger partial charge in [-0.25, -0.2) is 4.79 Å². The fourth-order valence-corrected chi connectivity index (χ4v) is 1.82. The van der Waals surface area contributed by atoms with Gasteiger partial charge in [0.1, 0.15) is 11.1 Å². The Morgan fingerprint density at radius 3 is 2.26 bits per heavy atom. The number of alkyl carbamates (subject to hydrolysis) is 1. The summed E-state index contributed by atoms with van der Waals surface area (Å²) >= 11 is 1.37. The number of aliphatic carboxylic acids is 1. The maximum atomic E-state index is 11.3. The Morgan fingerprint density at radius 1 is 1.32 bits per heavy atom. The predicted molar refractivity (Wildman–Crippen MR) is 78.5 cm³/mol. The maximum Gasteiger partial charge on any atom is 0.407 e. The third-order valence-electron chi connectivity index (χ3n) is 1.81. The summed E-state index contributed by atoms with van der Waals surface area (Å²) in [5, 5.41) is 11.4. The van der Waals surface area contributed by atoms with Crippen LogP contribution in [0.15, 0.2) is 0 Å². The van der Waals surface area contributed by atoms with Gasteiger partial charge in [-0.3, -0.25) is 4.79 Å². The molecule has 0 fully saturated rings. The SMILES string of the molecule is C.CC(C)(C)OC(=O)NCCSC[C@](C)(N)C(=O)O. The van der Waals surface area contributed by atoms with Gasteiger partial charge in [0.15, 0.2) is 0 Å². The van der Waals surface area contributed by atoms with E-state index in [2.05, 4.69) is 5.32 Å². The average molecular weight is 294 g/mol. The van der Waals surface area contributed by atoms with Gasteiger partial charge in [0.05, 0.1) is 0 Å². The van der Waals surface area contributed by atoms with Gasteiger partial charge in [0.2, 0.25) is 0 Å². The molecule has 4 N–H and O–H groups in total. The summed E-state index contributed by atoms with van der Waals surface area (Å²) in [4.78, 5) is 22.0. The van der Waals surface area contributed by atoms with Crippen molar-refractivity contribution in [3.8, 4) is 0 Å². The molecule has 0 aliphatic heterocycles. The highest BCUT2D eigenvalue weighted by Gasteiger charge is 2.27. The highest BCUT2D eigenvalue weighted by Crippen LogP contribution is 2.10. The van der Waals surface area contributed by atoms with Crippen molar-refractivity contribution < 1.29 is 19.4 Å². The van der Waals surface area contributed by atoms with Crippen LogP contribution in [0.1, 0.15) is 35.1 Å². The highest BCUT2D eigenvalue weighted by molar-refractivity contribution is 7.99. The minimum Gasteiger partial charge on any atom is -0.480 e. The zero-order chi connectivity index (χ0) is 14.4. The molecule has 6 nitrogen and oxygen atoms in total. The van der Waals surface area contributed by atoms with E-state index in [0.29, 0.717) is 18.1 Å². The van der Waals surface area contributed by atoms with Gasteiger partial charge >= 0.3 is 12.1 Å². The second-order valence-corrected chi connectivity index (χ2v) is 6.31. The van der Waals surface area contributed by atoms with Crippen LogP contribution in [0.2, 0.25) is 0 Å². The molecule has 1 atom stereocenters. The normalized spacial score (nSPS) is 13.9. The molecule has 0 aromatic carbocycles. The van der Waals surface area contributed by atoms with Crippen LogP contribution in [0.5, 0.6) is 0 Å². The Labute approximate surface area is 119 Å². The first kappa shape index (κ1) is 20.4. The van der Waals surface area contributed by atoms with Crippen LogP contribution in [-0.2, 0) is 9.53 Å². The molecule has 19 heavy (non-hydrogen) atoms. The molecule has 0 saturated heterocycles. The van der Waals surface area contributed by atoms with Gasteiger partial charge in [-0.1, -0.05) is 7.43 Å². The van der Waals surface area contributed by atoms with Gasteiger partial charge in [0.25, 0.3) is 0 Å². The molecule has 0 spiro atoms. The maximum absolute atomic E-state index is 11.3. The van der Waals surface area contributed by atoms with Crippen LogP contribution in [0.4, 0.5) is 4.79 Å². The predicted octanol–water partition coefficient (Wildman–Crippen LogP) is 1.68. The molecule has 0 aromatic heterocycles. The number of carboxylic acids is 1. The van der Waals surface area contributed by atoms with Crippen molar-refractivity contribution in [3.63, 3.8) is 0 Å². The zero-order valence-corrected chi connectivity index (χ0v) is 12.1. The number of amides is 1. The van der Waals surface area contributed by atoms with E-state index in [1.807, 2.05) is 0 Å². The van der Waals surface area contributed by atoms with E-state index >= 15 is 0 Å². The van der Waals surface area contributed by atoms with Crippen LogP contribution in [0, 0.1) is 0 Å². The summed E-state index contributed by atoms with van der Waals surface area (Å²) in [7, 11) is 0. The molecule has 0 aromatic rings. The fourth-order valence-electron chi connectivity index (χ4n) is 0.885. The first-order valence-electron chi connectivity index (χ1n) is 5.61. The summed E-state index contributed by atoms with van der Waals surface area (Å²) in [5.74, 6) is -0.160. The Kier molecular flexibility index (Phi) is 8.86. The molecular weight excluding hydrogens is 268 g/mol. The molecule has 0 aliphatic rings. The molecule has 0 radical (unpaired) electrons. The molecule has 1 amide bonds. The summed E-state index contributed by atoms with van der Waals surface area (Å²) in [6.45, 7) is 7.23. The van der Waals surface area contributed by atoms with Gasteiger partial charge in [-0.15, -0.1) is 0 Å².